The Hall–Kier alpha value is -3.29. The van der Waals surface area contributed by atoms with E-state index in [1.165, 1.54) is 6.07 Å². The first-order valence-electron chi connectivity index (χ1n) is 9.21. The van der Waals surface area contributed by atoms with Crippen molar-refractivity contribution in [1.29, 1.82) is 0 Å². The van der Waals surface area contributed by atoms with Crippen LogP contribution in [0.2, 0.25) is 0 Å². The molecule has 5 rings (SSSR count). The van der Waals surface area contributed by atoms with E-state index >= 15 is 0 Å². The molecule has 3 heterocycles. The Morgan fingerprint density at radius 3 is 2.68 bits per heavy atom. The number of fused-ring (bicyclic) bond motifs is 1. The number of hydrogen-bond donors (Lipinski definition) is 1. The first-order chi connectivity index (χ1) is 13.6. The molecular weight excluding hydrogens is 361 g/mol. The average Bonchev–Trinajstić information content (AvgIpc) is 3.28. The SMILES string of the molecule is Cc1nc(NC(C)c2ccc(-c3nc(C4CC4)no3)cc2)c2cc(F)oc2n1. The van der Waals surface area contributed by atoms with Crippen molar-refractivity contribution < 1.29 is 13.3 Å². The highest BCUT2D eigenvalue weighted by molar-refractivity contribution is 5.85. The number of halogens is 1. The van der Waals surface area contributed by atoms with Crippen molar-refractivity contribution in [1.82, 2.24) is 20.1 Å². The van der Waals surface area contributed by atoms with Crippen LogP contribution in [-0.4, -0.2) is 20.1 Å². The van der Waals surface area contributed by atoms with Crippen LogP contribution >= 0.6 is 0 Å². The fourth-order valence-corrected chi connectivity index (χ4v) is 3.17. The quantitative estimate of drug-likeness (QED) is 0.534. The summed E-state index contributed by atoms with van der Waals surface area (Å²) in [6.07, 6.45) is 2.27. The zero-order valence-electron chi connectivity index (χ0n) is 15.4. The Kier molecular flexibility index (Phi) is 3.85. The summed E-state index contributed by atoms with van der Waals surface area (Å²) in [5.74, 6) is 2.84. The standard InChI is InChI=1S/C20H18FN5O2/c1-10(22-18-15-9-16(21)27-20(15)24-11(2)23-18)12-3-7-14(8-4-12)19-25-17(26-28-19)13-5-6-13/h3-4,7-10,13H,5-6H2,1-2H3,(H,22,23,24). The monoisotopic (exact) mass is 379 g/mol. The fraction of sp³-hybridized carbons (Fsp3) is 0.300. The lowest BCUT2D eigenvalue weighted by molar-refractivity contribution is 0.376. The van der Waals surface area contributed by atoms with Gasteiger partial charge in [-0.05, 0) is 44.4 Å². The molecule has 0 aliphatic heterocycles. The first-order valence-corrected chi connectivity index (χ1v) is 9.21. The van der Waals surface area contributed by atoms with E-state index in [1.807, 2.05) is 31.2 Å². The number of aryl methyl sites for hydroxylation is 1. The molecule has 1 aliphatic carbocycles. The summed E-state index contributed by atoms with van der Waals surface area (Å²) in [5.41, 5.74) is 2.16. The molecule has 0 spiro atoms. The molecule has 1 aromatic carbocycles. The van der Waals surface area contributed by atoms with Crippen LogP contribution in [0.15, 0.2) is 39.3 Å². The Morgan fingerprint density at radius 1 is 1.14 bits per heavy atom. The molecule has 1 unspecified atom stereocenters. The lowest BCUT2D eigenvalue weighted by Gasteiger charge is -2.16. The second-order valence-corrected chi connectivity index (χ2v) is 7.11. The minimum Gasteiger partial charge on any atom is -0.412 e. The molecular formula is C20H18FN5O2. The minimum absolute atomic E-state index is 0.0609. The molecule has 0 amide bonds. The van der Waals surface area contributed by atoms with Gasteiger partial charge in [0.1, 0.15) is 11.6 Å². The van der Waals surface area contributed by atoms with Gasteiger partial charge in [-0.15, -0.1) is 0 Å². The Labute approximate surface area is 160 Å². The van der Waals surface area contributed by atoms with E-state index < -0.39 is 6.01 Å². The molecule has 7 nitrogen and oxygen atoms in total. The number of aromatic nitrogens is 4. The number of furan rings is 1. The second kappa shape index (κ2) is 6.40. The van der Waals surface area contributed by atoms with Crippen LogP contribution in [0, 0.1) is 12.9 Å². The van der Waals surface area contributed by atoms with Crippen LogP contribution in [0.4, 0.5) is 10.2 Å². The third-order valence-electron chi connectivity index (χ3n) is 4.87. The predicted molar refractivity (Wildman–Crippen MR) is 100 cm³/mol. The maximum absolute atomic E-state index is 13.5. The summed E-state index contributed by atoms with van der Waals surface area (Å²) in [7, 11) is 0. The number of nitrogens with zero attached hydrogens (tertiary/aromatic N) is 4. The Balaban J connectivity index is 1.37. The number of rotatable bonds is 5. The van der Waals surface area contributed by atoms with Crippen molar-refractivity contribution in [2.24, 2.45) is 0 Å². The molecule has 1 aliphatic rings. The molecule has 1 fully saturated rings. The van der Waals surface area contributed by atoms with Crippen molar-refractivity contribution in [2.75, 3.05) is 5.32 Å². The van der Waals surface area contributed by atoms with E-state index in [1.54, 1.807) is 6.92 Å². The first kappa shape index (κ1) is 16.9. The molecule has 142 valence electrons. The van der Waals surface area contributed by atoms with Gasteiger partial charge >= 0.3 is 0 Å². The topological polar surface area (TPSA) is 89.9 Å². The third-order valence-corrected chi connectivity index (χ3v) is 4.87. The minimum atomic E-state index is -0.680. The summed E-state index contributed by atoms with van der Waals surface area (Å²) in [5, 5.41) is 7.89. The molecule has 4 aromatic rings. The van der Waals surface area contributed by atoms with E-state index in [2.05, 4.69) is 25.4 Å². The molecule has 0 saturated heterocycles. The second-order valence-electron chi connectivity index (χ2n) is 7.11. The lowest BCUT2D eigenvalue weighted by atomic mass is 10.1. The van der Waals surface area contributed by atoms with Gasteiger partial charge in [-0.1, -0.05) is 17.3 Å². The fourth-order valence-electron chi connectivity index (χ4n) is 3.17. The van der Waals surface area contributed by atoms with Crippen LogP contribution in [0.3, 0.4) is 0 Å². The van der Waals surface area contributed by atoms with Gasteiger partial charge in [0.25, 0.3) is 11.9 Å². The van der Waals surface area contributed by atoms with Crippen molar-refractivity contribution in [2.45, 2.75) is 38.6 Å². The molecule has 3 aromatic heterocycles. The van der Waals surface area contributed by atoms with Crippen molar-refractivity contribution >= 4 is 16.9 Å². The van der Waals surface area contributed by atoms with E-state index in [9.17, 15) is 4.39 Å². The normalized spacial score (nSPS) is 15.1. The summed E-state index contributed by atoms with van der Waals surface area (Å²) in [6, 6.07) is 8.45. The molecule has 1 atom stereocenters. The van der Waals surface area contributed by atoms with Gasteiger partial charge in [-0.25, -0.2) is 4.98 Å². The highest BCUT2D eigenvalue weighted by Gasteiger charge is 2.29. The van der Waals surface area contributed by atoms with Gasteiger partial charge in [0.05, 0.1) is 5.39 Å². The van der Waals surface area contributed by atoms with Crippen LogP contribution in [-0.2, 0) is 0 Å². The number of hydrogen-bond acceptors (Lipinski definition) is 7. The highest BCUT2D eigenvalue weighted by Crippen LogP contribution is 2.39. The van der Waals surface area contributed by atoms with Crippen LogP contribution < -0.4 is 5.32 Å². The van der Waals surface area contributed by atoms with Gasteiger partial charge < -0.3 is 14.3 Å². The molecule has 8 heteroatoms. The van der Waals surface area contributed by atoms with Gasteiger partial charge in [0.2, 0.25) is 5.71 Å². The smallest absolute Gasteiger partial charge is 0.280 e. The predicted octanol–water partition coefficient (Wildman–Crippen LogP) is 4.77. The van der Waals surface area contributed by atoms with Crippen molar-refractivity contribution in [3.63, 3.8) is 0 Å². The Morgan fingerprint density at radius 2 is 1.93 bits per heavy atom. The summed E-state index contributed by atoms with van der Waals surface area (Å²) in [6.45, 7) is 3.75. The number of nitrogens with one attached hydrogen (secondary N) is 1. The zero-order valence-corrected chi connectivity index (χ0v) is 15.4. The molecule has 28 heavy (non-hydrogen) atoms. The van der Waals surface area contributed by atoms with E-state index in [-0.39, 0.29) is 11.8 Å². The highest BCUT2D eigenvalue weighted by atomic mass is 19.1. The maximum Gasteiger partial charge on any atom is 0.280 e. The van der Waals surface area contributed by atoms with Gasteiger partial charge in [0.15, 0.2) is 5.82 Å². The van der Waals surface area contributed by atoms with E-state index in [0.717, 1.165) is 29.8 Å². The maximum atomic E-state index is 13.5. The molecule has 1 saturated carbocycles. The summed E-state index contributed by atoms with van der Waals surface area (Å²) in [4.78, 5) is 13.0. The number of benzene rings is 1. The summed E-state index contributed by atoms with van der Waals surface area (Å²) < 4.78 is 23.8. The van der Waals surface area contributed by atoms with Crippen LogP contribution in [0.1, 0.15) is 48.9 Å². The molecule has 0 bridgehead atoms. The van der Waals surface area contributed by atoms with Crippen LogP contribution in [0.5, 0.6) is 0 Å². The van der Waals surface area contributed by atoms with E-state index in [0.29, 0.717) is 28.8 Å². The molecule has 1 N–H and O–H groups in total. The van der Waals surface area contributed by atoms with Crippen LogP contribution in [0.25, 0.3) is 22.6 Å². The van der Waals surface area contributed by atoms with Crippen molar-refractivity contribution in [3.8, 4) is 11.5 Å². The largest absolute Gasteiger partial charge is 0.412 e. The zero-order chi connectivity index (χ0) is 19.3. The third kappa shape index (κ3) is 3.11. The van der Waals surface area contributed by atoms with Crippen molar-refractivity contribution in [3.05, 3.63) is 53.6 Å². The Bertz CT molecular complexity index is 1150. The average molecular weight is 379 g/mol. The molecule has 0 radical (unpaired) electrons. The van der Waals surface area contributed by atoms with Gasteiger partial charge in [-0.2, -0.15) is 14.4 Å². The lowest BCUT2D eigenvalue weighted by Crippen LogP contribution is -2.09. The van der Waals surface area contributed by atoms with E-state index in [4.69, 9.17) is 8.94 Å². The van der Waals surface area contributed by atoms with Gasteiger partial charge in [-0.3, -0.25) is 0 Å². The van der Waals surface area contributed by atoms with Gasteiger partial charge in [0, 0.05) is 23.6 Å². The number of anilines is 1. The summed E-state index contributed by atoms with van der Waals surface area (Å²) >= 11 is 0.